The van der Waals surface area contributed by atoms with Crippen LogP contribution >= 0.6 is 0 Å². The molecule has 0 saturated heterocycles. The van der Waals surface area contributed by atoms with Gasteiger partial charge in [0.25, 0.3) is 0 Å². The van der Waals surface area contributed by atoms with Crippen molar-refractivity contribution in [3.05, 3.63) is 59.2 Å². The largest absolute Gasteiger partial charge is 0.496 e. The van der Waals surface area contributed by atoms with E-state index in [1.807, 2.05) is 49.4 Å². The van der Waals surface area contributed by atoms with Crippen LogP contribution in [-0.2, 0) is 6.61 Å². The first-order valence-electron chi connectivity index (χ1n) is 6.05. The summed E-state index contributed by atoms with van der Waals surface area (Å²) < 4.78 is 10.9. The van der Waals surface area contributed by atoms with E-state index in [9.17, 15) is 4.79 Å². The minimum Gasteiger partial charge on any atom is -0.496 e. The first-order valence-corrected chi connectivity index (χ1v) is 6.05. The van der Waals surface area contributed by atoms with Crippen molar-refractivity contribution in [1.29, 1.82) is 0 Å². The maximum atomic E-state index is 11.2. The average Bonchev–Trinajstić information content (AvgIpc) is 2.45. The quantitative estimate of drug-likeness (QED) is 0.769. The van der Waals surface area contributed by atoms with Gasteiger partial charge >= 0.3 is 0 Å². The van der Waals surface area contributed by atoms with Gasteiger partial charge in [0.05, 0.1) is 12.7 Å². The minimum atomic E-state index is 0.425. The standard InChI is InChI=1S/C16H16O3/c1-12-8-15(18-2)14(10-17)16(9-12)19-11-13-6-4-3-5-7-13/h3-10H,11H2,1-2H3. The Kier molecular flexibility index (Phi) is 4.18. The van der Waals surface area contributed by atoms with Gasteiger partial charge in [-0.15, -0.1) is 0 Å². The predicted molar refractivity (Wildman–Crippen MR) is 73.9 cm³/mol. The van der Waals surface area contributed by atoms with Gasteiger partial charge in [0.15, 0.2) is 6.29 Å². The molecule has 0 unspecified atom stereocenters. The lowest BCUT2D eigenvalue weighted by Gasteiger charge is -2.12. The molecular formula is C16H16O3. The van der Waals surface area contributed by atoms with E-state index >= 15 is 0 Å². The van der Waals surface area contributed by atoms with Crippen molar-refractivity contribution >= 4 is 6.29 Å². The number of aryl methyl sites for hydroxylation is 1. The van der Waals surface area contributed by atoms with Gasteiger partial charge in [-0.25, -0.2) is 0 Å². The van der Waals surface area contributed by atoms with Gasteiger partial charge in [-0.2, -0.15) is 0 Å². The SMILES string of the molecule is COc1cc(C)cc(OCc2ccccc2)c1C=O. The van der Waals surface area contributed by atoms with Crippen molar-refractivity contribution in [2.24, 2.45) is 0 Å². The summed E-state index contributed by atoms with van der Waals surface area (Å²) in [6.07, 6.45) is 0.762. The van der Waals surface area contributed by atoms with E-state index in [-0.39, 0.29) is 0 Å². The lowest BCUT2D eigenvalue weighted by molar-refractivity contribution is 0.111. The molecule has 98 valence electrons. The van der Waals surface area contributed by atoms with E-state index in [1.165, 1.54) is 0 Å². The highest BCUT2D eigenvalue weighted by Gasteiger charge is 2.11. The van der Waals surface area contributed by atoms with Crippen LogP contribution in [0.1, 0.15) is 21.5 Å². The van der Waals surface area contributed by atoms with E-state index in [1.54, 1.807) is 7.11 Å². The van der Waals surface area contributed by atoms with Crippen LogP contribution in [0.25, 0.3) is 0 Å². The van der Waals surface area contributed by atoms with E-state index in [4.69, 9.17) is 9.47 Å². The summed E-state index contributed by atoms with van der Waals surface area (Å²) >= 11 is 0. The average molecular weight is 256 g/mol. The first kappa shape index (κ1) is 13.1. The molecule has 0 atom stereocenters. The highest BCUT2D eigenvalue weighted by Crippen LogP contribution is 2.29. The second-order valence-corrected chi connectivity index (χ2v) is 4.27. The van der Waals surface area contributed by atoms with Crippen LogP contribution in [0.2, 0.25) is 0 Å². The monoisotopic (exact) mass is 256 g/mol. The molecule has 19 heavy (non-hydrogen) atoms. The summed E-state index contributed by atoms with van der Waals surface area (Å²) in [7, 11) is 1.54. The Hall–Kier alpha value is -2.29. The van der Waals surface area contributed by atoms with Gasteiger partial charge in [-0.3, -0.25) is 4.79 Å². The Morgan fingerprint density at radius 1 is 1.11 bits per heavy atom. The molecule has 0 bridgehead atoms. The van der Waals surface area contributed by atoms with Gasteiger partial charge in [0, 0.05) is 0 Å². The van der Waals surface area contributed by atoms with Crippen molar-refractivity contribution in [3.63, 3.8) is 0 Å². The Morgan fingerprint density at radius 2 is 1.79 bits per heavy atom. The maximum Gasteiger partial charge on any atom is 0.157 e. The third-order valence-corrected chi connectivity index (χ3v) is 2.82. The van der Waals surface area contributed by atoms with Gasteiger partial charge < -0.3 is 9.47 Å². The van der Waals surface area contributed by atoms with Crippen LogP contribution < -0.4 is 9.47 Å². The Morgan fingerprint density at radius 3 is 2.42 bits per heavy atom. The molecule has 0 N–H and O–H groups in total. The Balaban J connectivity index is 2.24. The summed E-state index contributed by atoms with van der Waals surface area (Å²) in [5.74, 6) is 1.09. The highest BCUT2D eigenvalue weighted by molar-refractivity contribution is 5.84. The van der Waals surface area contributed by atoms with Crippen molar-refractivity contribution < 1.29 is 14.3 Å². The molecule has 0 aliphatic carbocycles. The molecule has 0 aliphatic rings. The topological polar surface area (TPSA) is 35.5 Å². The molecule has 0 fully saturated rings. The van der Waals surface area contributed by atoms with Gasteiger partial charge in [-0.1, -0.05) is 30.3 Å². The van der Waals surface area contributed by atoms with Crippen molar-refractivity contribution in [2.75, 3.05) is 7.11 Å². The highest BCUT2D eigenvalue weighted by atomic mass is 16.5. The molecule has 2 aromatic rings. The molecule has 0 heterocycles. The molecular weight excluding hydrogens is 240 g/mol. The lowest BCUT2D eigenvalue weighted by atomic mass is 10.1. The maximum absolute atomic E-state index is 11.2. The fourth-order valence-electron chi connectivity index (χ4n) is 1.87. The number of rotatable bonds is 5. The smallest absolute Gasteiger partial charge is 0.157 e. The molecule has 3 nitrogen and oxygen atoms in total. The summed E-state index contributed by atoms with van der Waals surface area (Å²) in [5, 5.41) is 0. The van der Waals surface area contributed by atoms with E-state index in [0.29, 0.717) is 23.7 Å². The molecule has 0 saturated carbocycles. The van der Waals surface area contributed by atoms with Crippen LogP contribution in [0, 0.1) is 6.92 Å². The zero-order valence-electron chi connectivity index (χ0n) is 11.1. The van der Waals surface area contributed by atoms with Crippen molar-refractivity contribution in [2.45, 2.75) is 13.5 Å². The third kappa shape index (κ3) is 3.13. The van der Waals surface area contributed by atoms with Crippen LogP contribution in [0.4, 0.5) is 0 Å². The summed E-state index contributed by atoms with van der Waals surface area (Å²) in [5.41, 5.74) is 2.49. The van der Waals surface area contributed by atoms with Crippen molar-refractivity contribution in [1.82, 2.24) is 0 Å². The summed E-state index contributed by atoms with van der Waals surface area (Å²) in [6, 6.07) is 13.5. The normalized spacial score (nSPS) is 10.0. The van der Waals surface area contributed by atoms with Gasteiger partial charge in [-0.05, 0) is 30.2 Å². The fraction of sp³-hybridized carbons (Fsp3) is 0.188. The molecule has 0 aliphatic heterocycles. The van der Waals surface area contributed by atoms with E-state index < -0.39 is 0 Å². The predicted octanol–water partition coefficient (Wildman–Crippen LogP) is 3.40. The Bertz CT molecular complexity index is 562. The zero-order valence-corrected chi connectivity index (χ0v) is 11.1. The second-order valence-electron chi connectivity index (χ2n) is 4.27. The second kappa shape index (κ2) is 6.05. The third-order valence-electron chi connectivity index (χ3n) is 2.82. The van der Waals surface area contributed by atoms with Crippen LogP contribution in [0.15, 0.2) is 42.5 Å². The Labute approximate surface area is 112 Å². The molecule has 2 aromatic carbocycles. The minimum absolute atomic E-state index is 0.425. The molecule has 0 radical (unpaired) electrons. The number of benzene rings is 2. The summed E-state index contributed by atoms with van der Waals surface area (Å²) in [4.78, 5) is 11.2. The number of carbonyl (C=O) groups excluding carboxylic acids is 1. The van der Waals surface area contributed by atoms with Crippen LogP contribution in [0.3, 0.4) is 0 Å². The van der Waals surface area contributed by atoms with E-state index in [2.05, 4.69) is 0 Å². The van der Waals surface area contributed by atoms with Crippen LogP contribution in [-0.4, -0.2) is 13.4 Å². The molecule has 0 spiro atoms. The van der Waals surface area contributed by atoms with Gasteiger partial charge in [0.2, 0.25) is 0 Å². The summed E-state index contributed by atoms with van der Waals surface area (Å²) in [6.45, 7) is 2.36. The molecule has 0 amide bonds. The number of hydrogen-bond acceptors (Lipinski definition) is 3. The lowest BCUT2D eigenvalue weighted by Crippen LogP contribution is -2.01. The van der Waals surface area contributed by atoms with Crippen LogP contribution in [0.5, 0.6) is 11.5 Å². The first-order chi connectivity index (χ1) is 9.24. The number of carbonyl (C=O) groups is 1. The molecule has 3 heteroatoms. The van der Waals surface area contributed by atoms with E-state index in [0.717, 1.165) is 17.4 Å². The fourth-order valence-corrected chi connectivity index (χ4v) is 1.87. The number of ether oxygens (including phenoxy) is 2. The number of methoxy groups -OCH3 is 1. The van der Waals surface area contributed by atoms with Crippen molar-refractivity contribution in [3.8, 4) is 11.5 Å². The number of aldehydes is 1. The zero-order chi connectivity index (χ0) is 13.7. The molecule has 0 aromatic heterocycles. The number of hydrogen-bond donors (Lipinski definition) is 0. The molecule has 2 rings (SSSR count). The van der Waals surface area contributed by atoms with Gasteiger partial charge in [0.1, 0.15) is 18.1 Å².